The molecule has 1 amide bonds. The van der Waals surface area contributed by atoms with Crippen LogP contribution in [0.25, 0.3) is 22.3 Å². The van der Waals surface area contributed by atoms with Crippen molar-refractivity contribution in [3.63, 3.8) is 0 Å². The number of aromatic nitrogens is 6. The summed E-state index contributed by atoms with van der Waals surface area (Å²) in [6.07, 6.45) is 7.18. The van der Waals surface area contributed by atoms with Gasteiger partial charge in [0.1, 0.15) is 5.82 Å². The Labute approximate surface area is 184 Å². The van der Waals surface area contributed by atoms with E-state index < -0.39 is 0 Å². The minimum absolute atomic E-state index is 0.158. The van der Waals surface area contributed by atoms with Gasteiger partial charge in [0, 0.05) is 36.1 Å². The molecule has 1 saturated heterocycles. The third kappa shape index (κ3) is 3.92. The zero-order chi connectivity index (χ0) is 22.1. The van der Waals surface area contributed by atoms with Gasteiger partial charge in [-0.2, -0.15) is 10.1 Å². The van der Waals surface area contributed by atoms with Crippen LogP contribution in [0.4, 0.5) is 5.82 Å². The molecule has 4 aromatic rings. The minimum atomic E-state index is -0.250. The Morgan fingerprint density at radius 1 is 1.34 bits per heavy atom. The van der Waals surface area contributed by atoms with E-state index in [1.54, 1.807) is 30.7 Å². The second-order valence-corrected chi connectivity index (χ2v) is 7.68. The van der Waals surface area contributed by atoms with Crippen molar-refractivity contribution in [1.82, 2.24) is 29.7 Å². The number of carbonyl (C=O) groups excluding carboxylic acids is 1. The summed E-state index contributed by atoms with van der Waals surface area (Å²) >= 11 is 0. The molecule has 2 N–H and O–H groups in total. The number of fused-ring (bicyclic) bond motifs is 1. The highest BCUT2D eigenvalue weighted by atomic mass is 16.5. The molecule has 5 rings (SSSR count). The molecule has 1 fully saturated rings. The van der Waals surface area contributed by atoms with Crippen LogP contribution in [0.15, 0.2) is 36.8 Å². The first-order chi connectivity index (χ1) is 15.6. The lowest BCUT2D eigenvalue weighted by Gasteiger charge is -2.11. The molecule has 5 heterocycles. The summed E-state index contributed by atoms with van der Waals surface area (Å²) in [6, 6.07) is 5.82. The van der Waals surface area contributed by atoms with Gasteiger partial charge >= 0.3 is 6.01 Å². The Hall–Kier alpha value is -3.79. The minimum Gasteiger partial charge on any atom is -0.467 e. The van der Waals surface area contributed by atoms with Gasteiger partial charge in [0.2, 0.25) is 0 Å². The second kappa shape index (κ2) is 8.39. The smallest absolute Gasteiger partial charge is 0.316 e. The molecule has 0 spiro atoms. The van der Waals surface area contributed by atoms with E-state index in [-0.39, 0.29) is 12.0 Å². The molecule has 164 valence electrons. The molecule has 32 heavy (non-hydrogen) atoms. The van der Waals surface area contributed by atoms with Gasteiger partial charge in [-0.25, -0.2) is 9.97 Å². The number of ether oxygens (including phenoxy) is 2. The number of nitrogens with zero attached hydrogens (tertiary/aromatic N) is 5. The van der Waals surface area contributed by atoms with Crippen molar-refractivity contribution < 1.29 is 14.3 Å². The second-order valence-electron chi connectivity index (χ2n) is 7.68. The topological polar surface area (TPSA) is 120 Å². The van der Waals surface area contributed by atoms with Crippen molar-refractivity contribution in [3.8, 4) is 17.4 Å². The summed E-state index contributed by atoms with van der Waals surface area (Å²) in [6.45, 7) is 3.33. The van der Waals surface area contributed by atoms with Gasteiger partial charge in [0.05, 0.1) is 48.4 Å². The molecule has 10 nitrogen and oxygen atoms in total. The summed E-state index contributed by atoms with van der Waals surface area (Å²) < 4.78 is 12.6. The molecular weight excluding hydrogens is 410 g/mol. The zero-order valence-electron chi connectivity index (χ0n) is 17.8. The van der Waals surface area contributed by atoms with Crippen molar-refractivity contribution in [2.75, 3.05) is 19.0 Å². The predicted octanol–water partition coefficient (Wildman–Crippen LogP) is 2.96. The largest absolute Gasteiger partial charge is 0.467 e. The third-order valence-electron chi connectivity index (χ3n) is 5.59. The normalized spacial score (nSPS) is 15.9. The zero-order valence-corrected chi connectivity index (χ0v) is 17.8. The van der Waals surface area contributed by atoms with Crippen LogP contribution in [-0.2, 0) is 11.3 Å². The summed E-state index contributed by atoms with van der Waals surface area (Å²) in [4.78, 5) is 28.9. The number of H-pyrrole nitrogens is 1. The predicted molar refractivity (Wildman–Crippen MR) is 118 cm³/mol. The number of pyridine rings is 1. The van der Waals surface area contributed by atoms with E-state index in [1.807, 2.05) is 17.7 Å². The van der Waals surface area contributed by atoms with Crippen LogP contribution >= 0.6 is 0 Å². The number of nitrogens with one attached hydrogen (secondary N) is 2. The van der Waals surface area contributed by atoms with Gasteiger partial charge in [0.15, 0.2) is 0 Å². The SMILES string of the molecule is COc1nccc(-c2cc3cnc(NC(=O)c4cnn(C[C@@H]5CCCO5)c4C)cc3[nH]2)n1. The van der Waals surface area contributed by atoms with Crippen LogP contribution in [-0.4, -0.2) is 55.4 Å². The summed E-state index contributed by atoms with van der Waals surface area (Å²) in [5.74, 6) is 0.197. The first kappa shape index (κ1) is 20.1. The Balaban J connectivity index is 1.34. The van der Waals surface area contributed by atoms with Crippen LogP contribution in [0, 0.1) is 6.92 Å². The van der Waals surface area contributed by atoms with Gasteiger partial charge in [-0.3, -0.25) is 9.48 Å². The van der Waals surface area contributed by atoms with E-state index in [9.17, 15) is 4.79 Å². The van der Waals surface area contributed by atoms with Crippen LogP contribution in [0.2, 0.25) is 0 Å². The standard InChI is InChI=1S/C22H23N7O3/c1-13-16(11-25-29(13)12-15-4-3-7-32-15)21(30)28-20-9-18-14(10-24-20)8-19(26-18)17-5-6-23-22(27-17)31-2/h5-6,8-11,15,26H,3-4,7,12H2,1-2H3,(H,24,28,30)/t15-/m0/s1. The monoisotopic (exact) mass is 433 g/mol. The molecule has 0 aliphatic carbocycles. The Bertz CT molecular complexity index is 1270. The fraction of sp³-hybridized carbons (Fsp3) is 0.318. The number of carbonyl (C=O) groups is 1. The first-order valence-corrected chi connectivity index (χ1v) is 10.4. The number of hydrogen-bond acceptors (Lipinski definition) is 7. The quantitative estimate of drug-likeness (QED) is 0.480. The molecule has 1 aliphatic heterocycles. The summed E-state index contributed by atoms with van der Waals surface area (Å²) in [7, 11) is 1.52. The van der Waals surface area contributed by atoms with Crippen LogP contribution in [0.3, 0.4) is 0 Å². The van der Waals surface area contributed by atoms with E-state index >= 15 is 0 Å². The lowest BCUT2D eigenvalue weighted by atomic mass is 10.2. The highest BCUT2D eigenvalue weighted by Gasteiger charge is 2.20. The highest BCUT2D eigenvalue weighted by Crippen LogP contribution is 2.25. The number of amides is 1. The van der Waals surface area contributed by atoms with Gasteiger partial charge in [-0.05, 0) is 31.9 Å². The molecule has 1 atom stereocenters. The number of rotatable bonds is 6. The molecular formula is C22H23N7O3. The van der Waals surface area contributed by atoms with Crippen LogP contribution in [0.1, 0.15) is 28.9 Å². The molecule has 0 aromatic carbocycles. The Morgan fingerprint density at radius 3 is 3.06 bits per heavy atom. The average Bonchev–Trinajstić information content (AvgIpc) is 3.55. The fourth-order valence-corrected chi connectivity index (χ4v) is 3.84. The summed E-state index contributed by atoms with van der Waals surface area (Å²) in [5, 5.41) is 8.13. The highest BCUT2D eigenvalue weighted by molar-refractivity contribution is 6.05. The fourth-order valence-electron chi connectivity index (χ4n) is 3.84. The molecule has 0 saturated carbocycles. The number of methoxy groups -OCH3 is 1. The van der Waals surface area contributed by atoms with Crippen molar-refractivity contribution in [2.24, 2.45) is 0 Å². The molecule has 10 heteroatoms. The van der Waals surface area contributed by atoms with Crippen molar-refractivity contribution in [3.05, 3.63) is 48.0 Å². The number of anilines is 1. The van der Waals surface area contributed by atoms with E-state index in [0.717, 1.165) is 41.7 Å². The number of hydrogen-bond donors (Lipinski definition) is 2. The van der Waals surface area contributed by atoms with Crippen molar-refractivity contribution in [2.45, 2.75) is 32.4 Å². The maximum Gasteiger partial charge on any atom is 0.316 e. The molecule has 4 aromatic heterocycles. The maximum absolute atomic E-state index is 12.8. The van der Waals surface area contributed by atoms with E-state index in [2.05, 4.69) is 30.4 Å². The van der Waals surface area contributed by atoms with Crippen molar-refractivity contribution in [1.29, 1.82) is 0 Å². The van der Waals surface area contributed by atoms with E-state index in [4.69, 9.17) is 9.47 Å². The lowest BCUT2D eigenvalue weighted by molar-refractivity contribution is 0.0932. The Morgan fingerprint density at radius 2 is 2.25 bits per heavy atom. The van der Waals surface area contributed by atoms with Crippen molar-refractivity contribution >= 4 is 22.6 Å². The molecule has 0 bridgehead atoms. The van der Waals surface area contributed by atoms with Gasteiger partial charge in [-0.15, -0.1) is 0 Å². The van der Waals surface area contributed by atoms with Crippen LogP contribution < -0.4 is 10.1 Å². The summed E-state index contributed by atoms with van der Waals surface area (Å²) in [5.41, 5.74) is 3.66. The average molecular weight is 433 g/mol. The molecule has 0 unspecified atom stereocenters. The van der Waals surface area contributed by atoms with Crippen LogP contribution in [0.5, 0.6) is 6.01 Å². The van der Waals surface area contributed by atoms with E-state index in [0.29, 0.717) is 29.6 Å². The molecule has 0 radical (unpaired) electrons. The van der Waals surface area contributed by atoms with Gasteiger partial charge in [0.25, 0.3) is 5.91 Å². The lowest BCUT2D eigenvalue weighted by Crippen LogP contribution is -2.18. The molecule has 1 aliphatic rings. The van der Waals surface area contributed by atoms with Gasteiger partial charge < -0.3 is 19.8 Å². The van der Waals surface area contributed by atoms with E-state index in [1.165, 1.54) is 7.11 Å². The Kier molecular flexibility index (Phi) is 5.28. The number of aromatic amines is 1. The van der Waals surface area contributed by atoms with Gasteiger partial charge in [-0.1, -0.05) is 0 Å². The third-order valence-corrected chi connectivity index (χ3v) is 5.59. The maximum atomic E-state index is 12.8. The first-order valence-electron chi connectivity index (χ1n) is 10.4.